The van der Waals surface area contributed by atoms with Gasteiger partial charge in [0.1, 0.15) is 17.8 Å². The van der Waals surface area contributed by atoms with Crippen molar-refractivity contribution in [3.05, 3.63) is 68.1 Å². The van der Waals surface area contributed by atoms with Gasteiger partial charge in [0.25, 0.3) is 17.4 Å². The molecule has 172 valence electrons. The summed E-state index contributed by atoms with van der Waals surface area (Å²) in [4.78, 5) is 44.2. The number of hydrogen-bond acceptors (Lipinski definition) is 7. The number of carbonyl (C=O) groups is 2. The third-order valence-corrected chi connectivity index (χ3v) is 6.19. The third-order valence-electron chi connectivity index (χ3n) is 5.45. The van der Waals surface area contributed by atoms with Crippen molar-refractivity contribution < 1.29 is 19.2 Å². The quantitative estimate of drug-likeness (QED) is 0.573. The van der Waals surface area contributed by atoms with E-state index in [1.54, 1.807) is 17.0 Å². The van der Waals surface area contributed by atoms with E-state index in [4.69, 9.17) is 23.2 Å². The number of aromatic nitrogens is 3. The van der Waals surface area contributed by atoms with Gasteiger partial charge in [-0.1, -0.05) is 28.4 Å². The van der Waals surface area contributed by atoms with Gasteiger partial charge in [0.05, 0.1) is 16.2 Å². The van der Waals surface area contributed by atoms with E-state index in [0.717, 1.165) is 0 Å². The molecule has 0 radical (unpaired) electrons. The lowest BCUT2D eigenvalue weighted by molar-refractivity contribution is 0.0702. The monoisotopic (exact) mass is 491 g/mol. The molecular weight excluding hydrogens is 473 g/mol. The highest BCUT2D eigenvalue weighted by atomic mass is 35.5. The van der Waals surface area contributed by atoms with Crippen LogP contribution in [0.25, 0.3) is 0 Å². The lowest BCUT2D eigenvalue weighted by Gasteiger charge is -2.33. The third kappa shape index (κ3) is 4.57. The number of piperidine rings is 1. The summed E-state index contributed by atoms with van der Waals surface area (Å²) in [5, 5.41) is 16.8. The summed E-state index contributed by atoms with van der Waals surface area (Å²) in [6.45, 7) is 0.791. The first kappa shape index (κ1) is 22.8. The van der Waals surface area contributed by atoms with Crippen LogP contribution in [0.3, 0.4) is 0 Å². The lowest BCUT2D eigenvalue weighted by Crippen LogP contribution is -2.41. The Morgan fingerprint density at radius 2 is 2.06 bits per heavy atom. The standard InChI is InChI=1S/C21H19Cl2N5O5/c1-27-18(26-16(17(29)21(27)32)19(30)25-13-8-24-33-10-13)12-3-2-6-28(9-12)20(31)11-4-5-14(22)15(23)7-11/h4-5,7-8,10,12,29H,2-3,6,9H2,1H3,(H,25,30)/t12-/m0/s1. The molecule has 0 aliphatic carbocycles. The average Bonchev–Trinajstić information content (AvgIpc) is 3.32. The number of carbonyl (C=O) groups excluding carboxylic acids is 2. The first-order valence-electron chi connectivity index (χ1n) is 10.0. The van der Waals surface area contributed by atoms with Crippen molar-refractivity contribution in [2.75, 3.05) is 18.4 Å². The molecule has 4 rings (SSSR count). The van der Waals surface area contributed by atoms with Gasteiger partial charge in [-0.3, -0.25) is 19.0 Å². The molecule has 3 heterocycles. The second-order valence-electron chi connectivity index (χ2n) is 7.62. The maximum absolute atomic E-state index is 13.0. The number of rotatable bonds is 4. The van der Waals surface area contributed by atoms with Gasteiger partial charge in [0.15, 0.2) is 5.69 Å². The van der Waals surface area contributed by atoms with E-state index < -0.39 is 22.9 Å². The van der Waals surface area contributed by atoms with E-state index in [9.17, 15) is 19.5 Å². The van der Waals surface area contributed by atoms with Gasteiger partial charge in [-0.05, 0) is 31.0 Å². The van der Waals surface area contributed by atoms with Crippen molar-refractivity contribution in [1.29, 1.82) is 0 Å². The van der Waals surface area contributed by atoms with Crippen LogP contribution in [0.15, 0.2) is 40.0 Å². The van der Waals surface area contributed by atoms with Gasteiger partial charge in [0, 0.05) is 31.6 Å². The fraction of sp³-hybridized carbons (Fsp3) is 0.286. The predicted molar refractivity (Wildman–Crippen MR) is 120 cm³/mol. The Balaban J connectivity index is 1.61. The Morgan fingerprint density at radius 1 is 1.27 bits per heavy atom. The summed E-state index contributed by atoms with van der Waals surface area (Å²) in [5.41, 5.74) is -0.531. The molecule has 1 fully saturated rings. The lowest BCUT2D eigenvalue weighted by atomic mass is 9.96. The second kappa shape index (κ2) is 9.24. The molecule has 10 nitrogen and oxygen atoms in total. The number of benzene rings is 1. The summed E-state index contributed by atoms with van der Waals surface area (Å²) in [6.07, 6.45) is 3.77. The average molecular weight is 492 g/mol. The molecule has 1 aliphatic rings. The van der Waals surface area contributed by atoms with Crippen LogP contribution in [0, 0.1) is 0 Å². The molecule has 2 N–H and O–H groups in total. The molecule has 2 amide bonds. The summed E-state index contributed by atoms with van der Waals surface area (Å²) < 4.78 is 5.86. The van der Waals surface area contributed by atoms with Crippen LogP contribution in [0.5, 0.6) is 5.75 Å². The zero-order valence-electron chi connectivity index (χ0n) is 17.4. The van der Waals surface area contributed by atoms with E-state index in [1.807, 2.05) is 0 Å². The molecule has 1 atom stereocenters. The van der Waals surface area contributed by atoms with E-state index >= 15 is 0 Å². The minimum atomic E-state index is -0.783. The highest BCUT2D eigenvalue weighted by Crippen LogP contribution is 2.29. The van der Waals surface area contributed by atoms with Crippen LogP contribution in [0.4, 0.5) is 5.69 Å². The van der Waals surface area contributed by atoms with Crippen molar-refractivity contribution >= 4 is 40.7 Å². The predicted octanol–water partition coefficient (Wildman–Crippen LogP) is 3.05. The molecule has 2 aromatic heterocycles. The zero-order chi connectivity index (χ0) is 23.7. The van der Waals surface area contributed by atoms with Gasteiger partial charge in [-0.2, -0.15) is 0 Å². The largest absolute Gasteiger partial charge is 0.501 e. The molecule has 1 saturated heterocycles. The normalized spacial score (nSPS) is 16.0. The van der Waals surface area contributed by atoms with Crippen LogP contribution in [0.2, 0.25) is 10.0 Å². The topological polar surface area (TPSA) is 131 Å². The van der Waals surface area contributed by atoms with E-state index in [0.29, 0.717) is 35.8 Å². The van der Waals surface area contributed by atoms with Crippen molar-refractivity contribution in [2.24, 2.45) is 7.05 Å². The van der Waals surface area contributed by atoms with Crippen LogP contribution in [-0.4, -0.2) is 49.6 Å². The fourth-order valence-electron chi connectivity index (χ4n) is 3.77. The molecule has 33 heavy (non-hydrogen) atoms. The van der Waals surface area contributed by atoms with Gasteiger partial charge in [-0.15, -0.1) is 0 Å². The SMILES string of the molecule is Cn1c([C@H]2CCCN(C(=O)c3ccc(Cl)c(Cl)c3)C2)nc(C(=O)Nc2cnoc2)c(O)c1=O. The molecular formula is C21H19Cl2N5O5. The van der Waals surface area contributed by atoms with Crippen LogP contribution >= 0.6 is 23.2 Å². The highest BCUT2D eigenvalue weighted by Gasteiger charge is 2.30. The number of nitrogens with zero attached hydrogens (tertiary/aromatic N) is 4. The smallest absolute Gasteiger partial charge is 0.296 e. The van der Waals surface area contributed by atoms with Crippen LogP contribution < -0.4 is 10.9 Å². The molecule has 12 heteroatoms. The number of nitrogens with one attached hydrogen (secondary N) is 1. The Bertz CT molecular complexity index is 1270. The van der Waals surface area contributed by atoms with Crippen molar-refractivity contribution in [3.8, 4) is 5.75 Å². The van der Waals surface area contributed by atoms with Gasteiger partial charge >= 0.3 is 0 Å². The molecule has 0 unspecified atom stereocenters. The molecule has 3 aromatic rings. The van der Waals surface area contributed by atoms with Gasteiger partial charge in [0.2, 0.25) is 5.75 Å². The first-order valence-corrected chi connectivity index (χ1v) is 10.8. The molecule has 1 aromatic carbocycles. The minimum Gasteiger partial charge on any atom is -0.501 e. The molecule has 0 bridgehead atoms. The number of aromatic hydroxyl groups is 1. The summed E-state index contributed by atoms with van der Waals surface area (Å²) >= 11 is 12.0. The van der Waals surface area contributed by atoms with Crippen LogP contribution in [-0.2, 0) is 7.05 Å². The van der Waals surface area contributed by atoms with Crippen molar-refractivity contribution in [1.82, 2.24) is 19.6 Å². The van der Waals surface area contributed by atoms with E-state index in [2.05, 4.69) is 20.0 Å². The Hall–Kier alpha value is -3.37. The first-order chi connectivity index (χ1) is 15.8. The van der Waals surface area contributed by atoms with Crippen molar-refractivity contribution in [3.63, 3.8) is 0 Å². The fourth-order valence-corrected chi connectivity index (χ4v) is 4.07. The summed E-state index contributed by atoms with van der Waals surface area (Å²) in [6, 6.07) is 4.67. The van der Waals surface area contributed by atoms with Crippen molar-refractivity contribution in [2.45, 2.75) is 18.8 Å². The Labute approximate surface area is 197 Å². The number of likely N-dealkylation sites (tertiary alicyclic amines) is 1. The summed E-state index contributed by atoms with van der Waals surface area (Å²) in [5.74, 6) is -1.82. The van der Waals surface area contributed by atoms with Gasteiger partial charge in [-0.25, -0.2) is 4.98 Å². The maximum Gasteiger partial charge on any atom is 0.296 e. The number of amides is 2. The molecule has 0 saturated carbocycles. The minimum absolute atomic E-state index is 0.229. The number of hydrogen-bond donors (Lipinski definition) is 2. The molecule has 1 aliphatic heterocycles. The Morgan fingerprint density at radius 3 is 2.76 bits per heavy atom. The summed E-state index contributed by atoms with van der Waals surface area (Å²) in [7, 11) is 1.46. The molecule has 0 spiro atoms. The van der Waals surface area contributed by atoms with Crippen LogP contribution in [0.1, 0.15) is 45.4 Å². The Kier molecular flexibility index (Phi) is 6.39. The van der Waals surface area contributed by atoms with E-state index in [-0.39, 0.29) is 29.1 Å². The number of halogens is 2. The zero-order valence-corrected chi connectivity index (χ0v) is 18.9. The second-order valence-corrected chi connectivity index (χ2v) is 8.43. The van der Waals surface area contributed by atoms with Gasteiger partial charge < -0.3 is 19.8 Å². The highest BCUT2D eigenvalue weighted by molar-refractivity contribution is 6.42. The number of anilines is 1. The van der Waals surface area contributed by atoms with E-state index in [1.165, 1.54) is 30.1 Å². The maximum atomic E-state index is 13.0.